The monoisotopic (exact) mass is 343 g/mol. The van der Waals surface area contributed by atoms with Gasteiger partial charge in [0.2, 0.25) is 5.91 Å². The van der Waals surface area contributed by atoms with E-state index in [2.05, 4.69) is 5.32 Å². The maximum Gasteiger partial charge on any atom is 0.416 e. The molecule has 132 valence electrons. The number of halogens is 3. The fourth-order valence-electron chi connectivity index (χ4n) is 2.41. The number of aliphatic hydroxyl groups excluding tert-OH is 1. The minimum atomic E-state index is -4.44. The van der Waals surface area contributed by atoms with Crippen LogP contribution in [0, 0.1) is 5.92 Å². The Bertz CT molecular complexity index is 587. The van der Waals surface area contributed by atoms with Crippen LogP contribution in [-0.2, 0) is 11.0 Å². The number of benzene rings is 1. The molecule has 2 N–H and O–H groups in total. The highest BCUT2D eigenvalue weighted by molar-refractivity contribution is 5.78. The van der Waals surface area contributed by atoms with Gasteiger partial charge in [0.1, 0.15) is 18.5 Å². The first kappa shape index (κ1) is 18.3. The van der Waals surface area contributed by atoms with Gasteiger partial charge < -0.3 is 15.2 Å². The van der Waals surface area contributed by atoms with Crippen LogP contribution in [0.25, 0.3) is 0 Å². The number of nitrogens with one attached hydrogen (secondary N) is 1. The molecule has 4 nitrogen and oxygen atoms in total. The van der Waals surface area contributed by atoms with Crippen LogP contribution in [0.2, 0.25) is 0 Å². The van der Waals surface area contributed by atoms with Gasteiger partial charge in [-0.3, -0.25) is 4.79 Å². The van der Waals surface area contributed by atoms with Gasteiger partial charge in [-0.2, -0.15) is 13.2 Å². The molecule has 0 saturated carbocycles. The maximum atomic E-state index is 12.6. The molecular weight excluding hydrogens is 323 g/mol. The highest BCUT2D eigenvalue weighted by Gasteiger charge is 2.30. The average molecular weight is 343 g/mol. The van der Waals surface area contributed by atoms with E-state index in [9.17, 15) is 23.1 Å². The van der Waals surface area contributed by atoms with E-state index in [4.69, 9.17) is 4.74 Å². The van der Waals surface area contributed by atoms with Crippen LogP contribution >= 0.6 is 0 Å². The Balaban J connectivity index is 1.76. The maximum absolute atomic E-state index is 12.6. The van der Waals surface area contributed by atoms with Crippen molar-refractivity contribution in [1.82, 2.24) is 5.32 Å². The average Bonchev–Trinajstić information content (AvgIpc) is 2.58. The third kappa shape index (κ3) is 5.56. The first-order valence-corrected chi connectivity index (χ1v) is 7.77. The summed E-state index contributed by atoms with van der Waals surface area (Å²) < 4.78 is 43.0. The Hall–Kier alpha value is -2.02. The number of carbonyl (C=O) groups is 1. The molecule has 7 heteroatoms. The number of alkyl halides is 3. The number of hydrogen-bond acceptors (Lipinski definition) is 3. The third-order valence-corrected chi connectivity index (χ3v) is 3.76. The van der Waals surface area contributed by atoms with Gasteiger partial charge in [0.05, 0.1) is 5.56 Å². The predicted molar refractivity (Wildman–Crippen MR) is 82.4 cm³/mol. The lowest BCUT2D eigenvalue weighted by Gasteiger charge is -2.19. The molecule has 0 heterocycles. The molecule has 0 aliphatic heterocycles. The summed E-state index contributed by atoms with van der Waals surface area (Å²) in [7, 11) is 0. The predicted octanol–water partition coefficient (Wildman–Crippen LogP) is 2.92. The molecule has 0 fully saturated rings. The van der Waals surface area contributed by atoms with Crippen LogP contribution in [0.3, 0.4) is 0 Å². The number of carbonyl (C=O) groups excluding carboxylic acids is 1. The summed E-state index contributed by atoms with van der Waals surface area (Å²) in [6.45, 7) is -0.204. The first-order chi connectivity index (χ1) is 11.4. The molecule has 0 aromatic heterocycles. The van der Waals surface area contributed by atoms with Gasteiger partial charge in [-0.1, -0.05) is 18.2 Å². The van der Waals surface area contributed by atoms with Crippen LogP contribution in [0.4, 0.5) is 13.2 Å². The van der Waals surface area contributed by atoms with Crippen molar-refractivity contribution in [3.63, 3.8) is 0 Å². The second-order valence-electron chi connectivity index (χ2n) is 5.72. The molecule has 0 spiro atoms. The summed E-state index contributed by atoms with van der Waals surface area (Å²) >= 11 is 0. The van der Waals surface area contributed by atoms with E-state index in [0.29, 0.717) is 6.42 Å². The topological polar surface area (TPSA) is 58.6 Å². The molecule has 24 heavy (non-hydrogen) atoms. The van der Waals surface area contributed by atoms with E-state index in [0.717, 1.165) is 25.0 Å². The quantitative estimate of drug-likeness (QED) is 0.781. The second kappa shape index (κ2) is 8.19. The zero-order valence-electron chi connectivity index (χ0n) is 13.1. The minimum absolute atomic E-state index is 0.00198. The van der Waals surface area contributed by atoms with Gasteiger partial charge in [0, 0.05) is 12.5 Å². The molecule has 1 aromatic carbocycles. The zero-order chi connectivity index (χ0) is 17.6. The van der Waals surface area contributed by atoms with Crippen LogP contribution in [0.15, 0.2) is 36.4 Å². The van der Waals surface area contributed by atoms with Crippen LogP contribution in [0.5, 0.6) is 5.75 Å². The molecule has 1 amide bonds. The third-order valence-electron chi connectivity index (χ3n) is 3.76. The van der Waals surface area contributed by atoms with E-state index in [1.54, 1.807) is 0 Å². The molecule has 1 aliphatic carbocycles. The van der Waals surface area contributed by atoms with Crippen LogP contribution < -0.4 is 10.1 Å². The molecule has 1 aromatic rings. The Morgan fingerprint density at radius 2 is 2.17 bits per heavy atom. The number of aliphatic hydroxyl groups is 1. The van der Waals surface area contributed by atoms with E-state index in [-0.39, 0.29) is 30.7 Å². The van der Waals surface area contributed by atoms with E-state index in [1.807, 2.05) is 12.2 Å². The first-order valence-electron chi connectivity index (χ1n) is 7.77. The number of allylic oxidation sites excluding steroid dienone is 2. The Labute approximate surface area is 138 Å². The lowest BCUT2D eigenvalue weighted by Crippen LogP contribution is -2.38. The normalized spacial score (nSPS) is 18.9. The molecule has 0 saturated heterocycles. The van der Waals surface area contributed by atoms with Crippen LogP contribution in [0.1, 0.15) is 24.8 Å². The van der Waals surface area contributed by atoms with Crippen molar-refractivity contribution in [3.8, 4) is 5.75 Å². The lowest BCUT2D eigenvalue weighted by molar-refractivity contribution is -0.137. The van der Waals surface area contributed by atoms with E-state index >= 15 is 0 Å². The van der Waals surface area contributed by atoms with Gasteiger partial charge in [0.25, 0.3) is 0 Å². The van der Waals surface area contributed by atoms with Crippen molar-refractivity contribution in [2.24, 2.45) is 5.92 Å². The Morgan fingerprint density at radius 3 is 2.83 bits per heavy atom. The van der Waals surface area contributed by atoms with Crippen molar-refractivity contribution in [3.05, 3.63) is 42.0 Å². The number of rotatable bonds is 6. The minimum Gasteiger partial charge on any atom is -0.491 e. The summed E-state index contributed by atoms with van der Waals surface area (Å²) in [5, 5.41) is 12.5. The van der Waals surface area contributed by atoms with Gasteiger partial charge in [-0.25, -0.2) is 0 Å². The van der Waals surface area contributed by atoms with Crippen molar-refractivity contribution >= 4 is 5.91 Å². The summed E-state index contributed by atoms with van der Waals surface area (Å²) in [4.78, 5) is 11.9. The largest absolute Gasteiger partial charge is 0.491 e. The fourth-order valence-corrected chi connectivity index (χ4v) is 2.41. The molecule has 0 bridgehead atoms. The van der Waals surface area contributed by atoms with Crippen LogP contribution in [-0.4, -0.2) is 30.3 Å². The molecular formula is C17H20F3NO3. The fraction of sp³-hybridized carbons (Fsp3) is 0.471. The summed E-state index contributed by atoms with van der Waals surface area (Å²) in [5.41, 5.74) is -0.812. The standard InChI is InChI=1S/C17H20F3NO3/c18-17(19,20)13-7-4-8-15(9-13)24-11-14(22)10-21-16(23)12-5-2-1-3-6-12/h1-2,4,7-9,12,14,22H,3,5-6,10-11H2,(H,21,23). The zero-order valence-corrected chi connectivity index (χ0v) is 13.1. The van der Waals surface area contributed by atoms with Gasteiger partial charge >= 0.3 is 6.18 Å². The highest BCUT2D eigenvalue weighted by Crippen LogP contribution is 2.31. The Kier molecular flexibility index (Phi) is 6.25. The van der Waals surface area contributed by atoms with Crippen molar-refractivity contribution in [2.75, 3.05) is 13.2 Å². The molecule has 2 unspecified atom stereocenters. The summed E-state index contributed by atoms with van der Waals surface area (Å²) in [6, 6.07) is 4.44. The number of amides is 1. The smallest absolute Gasteiger partial charge is 0.416 e. The van der Waals surface area contributed by atoms with E-state index < -0.39 is 17.8 Å². The van der Waals surface area contributed by atoms with Crippen molar-refractivity contribution in [2.45, 2.75) is 31.5 Å². The van der Waals surface area contributed by atoms with Gasteiger partial charge in [0.15, 0.2) is 0 Å². The number of hydrogen-bond donors (Lipinski definition) is 2. The molecule has 2 rings (SSSR count). The molecule has 0 radical (unpaired) electrons. The van der Waals surface area contributed by atoms with Crippen molar-refractivity contribution < 1.29 is 27.8 Å². The SMILES string of the molecule is O=C(NCC(O)COc1cccc(C(F)(F)F)c1)C1CC=CCC1. The highest BCUT2D eigenvalue weighted by atomic mass is 19.4. The second-order valence-corrected chi connectivity index (χ2v) is 5.72. The summed E-state index contributed by atoms with van der Waals surface area (Å²) in [5.74, 6) is -0.198. The van der Waals surface area contributed by atoms with E-state index in [1.165, 1.54) is 12.1 Å². The molecule has 1 aliphatic rings. The Morgan fingerprint density at radius 1 is 1.38 bits per heavy atom. The van der Waals surface area contributed by atoms with Gasteiger partial charge in [-0.15, -0.1) is 0 Å². The molecule has 2 atom stereocenters. The van der Waals surface area contributed by atoms with Crippen molar-refractivity contribution in [1.29, 1.82) is 0 Å². The lowest BCUT2D eigenvalue weighted by atomic mass is 9.94. The van der Waals surface area contributed by atoms with Gasteiger partial charge in [-0.05, 0) is 37.5 Å². The number of ether oxygens (including phenoxy) is 1. The summed E-state index contributed by atoms with van der Waals surface area (Å²) in [6.07, 6.45) is 0.867.